The van der Waals surface area contributed by atoms with Gasteiger partial charge in [-0.05, 0) is 78.6 Å². The summed E-state index contributed by atoms with van der Waals surface area (Å²) in [7, 11) is 0. The minimum atomic E-state index is -0.563. The summed E-state index contributed by atoms with van der Waals surface area (Å²) >= 11 is 0. The van der Waals surface area contributed by atoms with E-state index in [1.54, 1.807) is 12.5 Å². The highest BCUT2D eigenvalue weighted by Gasteiger charge is 2.67. The Labute approximate surface area is 170 Å². The van der Waals surface area contributed by atoms with Crippen LogP contribution in [-0.4, -0.2) is 11.4 Å². The van der Waals surface area contributed by atoms with Crippen LogP contribution >= 0.6 is 0 Å². The smallest absolute Gasteiger partial charge is 0.126 e. The Hall–Kier alpha value is -1.09. The quantitative estimate of drug-likeness (QED) is 0.629. The van der Waals surface area contributed by atoms with E-state index < -0.39 is 6.10 Å². The molecule has 0 bridgehead atoms. The average Bonchev–Trinajstić information content (AvgIpc) is 3.23. The van der Waals surface area contributed by atoms with Gasteiger partial charge in [-0.25, -0.2) is 0 Å². The maximum atomic E-state index is 12.4. The van der Waals surface area contributed by atoms with Crippen molar-refractivity contribution in [3.63, 3.8) is 0 Å². The van der Waals surface area contributed by atoms with Crippen LogP contribution in [0.4, 0.5) is 0 Å². The van der Waals surface area contributed by atoms with Crippen LogP contribution in [0, 0.1) is 39.4 Å². The van der Waals surface area contributed by atoms with E-state index in [2.05, 4.69) is 34.6 Å². The van der Waals surface area contributed by atoms with Gasteiger partial charge in [-0.15, -0.1) is 0 Å². The lowest BCUT2D eigenvalue weighted by molar-refractivity contribution is -0.130. The van der Waals surface area contributed by atoms with Crippen molar-refractivity contribution >= 4 is 6.29 Å². The highest BCUT2D eigenvalue weighted by atomic mass is 16.3. The van der Waals surface area contributed by atoms with Crippen LogP contribution in [0.2, 0.25) is 0 Å². The van der Waals surface area contributed by atoms with Gasteiger partial charge >= 0.3 is 0 Å². The van der Waals surface area contributed by atoms with Crippen molar-refractivity contribution in [2.45, 2.75) is 85.7 Å². The number of hydrogen-bond acceptors (Lipinski definition) is 3. The van der Waals surface area contributed by atoms with E-state index in [0.29, 0.717) is 23.2 Å². The molecule has 0 spiro atoms. The topological polar surface area (TPSA) is 50.4 Å². The molecule has 0 aliphatic heterocycles. The first-order valence-electron chi connectivity index (χ1n) is 11.2. The molecule has 3 fully saturated rings. The van der Waals surface area contributed by atoms with E-state index in [0.717, 1.165) is 17.9 Å². The molecular weight excluding hydrogens is 348 g/mol. The van der Waals surface area contributed by atoms with Crippen LogP contribution in [-0.2, 0) is 4.79 Å². The molecule has 3 aliphatic rings. The minimum absolute atomic E-state index is 0.110. The lowest BCUT2D eigenvalue weighted by Gasteiger charge is -2.62. The third-order valence-corrected chi connectivity index (χ3v) is 9.73. The molecule has 7 atom stereocenters. The Morgan fingerprint density at radius 3 is 2.54 bits per heavy atom. The second-order valence-electron chi connectivity index (χ2n) is 11.7. The number of rotatable bonds is 4. The normalized spacial score (nSPS) is 45.9. The van der Waals surface area contributed by atoms with Gasteiger partial charge in [0.25, 0.3) is 0 Å². The number of furan rings is 1. The molecule has 156 valence electrons. The molecule has 4 rings (SSSR count). The fourth-order valence-electron chi connectivity index (χ4n) is 8.40. The van der Waals surface area contributed by atoms with Crippen molar-refractivity contribution in [3.05, 3.63) is 24.2 Å². The summed E-state index contributed by atoms with van der Waals surface area (Å²) in [5.74, 6) is 1.49. The zero-order chi connectivity index (χ0) is 20.4. The second-order valence-corrected chi connectivity index (χ2v) is 11.7. The van der Waals surface area contributed by atoms with Gasteiger partial charge in [0.05, 0.1) is 18.6 Å². The van der Waals surface area contributed by atoms with E-state index >= 15 is 0 Å². The molecule has 1 aromatic heterocycles. The van der Waals surface area contributed by atoms with Gasteiger partial charge in [0.15, 0.2) is 0 Å². The molecule has 3 saturated carbocycles. The maximum absolute atomic E-state index is 12.4. The molecule has 0 aromatic carbocycles. The SMILES string of the molecule is CC1(C)CCC[C@]2(C)[C@H]3C[C@](C)(C=O)[C@@H](C[C@@H](O)c4ccoc4)[C@]3(C)CC[C@@H]12. The number of aliphatic hydroxyl groups excluding tert-OH is 1. The number of carbonyl (C=O) groups excluding carboxylic acids is 1. The Morgan fingerprint density at radius 1 is 1.14 bits per heavy atom. The molecule has 0 saturated heterocycles. The lowest BCUT2D eigenvalue weighted by Crippen LogP contribution is -2.54. The predicted molar refractivity (Wildman–Crippen MR) is 111 cm³/mol. The summed E-state index contributed by atoms with van der Waals surface area (Å²) in [5.41, 5.74) is 1.27. The van der Waals surface area contributed by atoms with Gasteiger partial charge in [0.1, 0.15) is 6.29 Å². The average molecular weight is 387 g/mol. The number of aliphatic hydroxyl groups is 1. The lowest BCUT2D eigenvalue weighted by atomic mass is 9.43. The molecule has 1 heterocycles. The summed E-state index contributed by atoms with van der Waals surface area (Å²) in [6.45, 7) is 12.0. The van der Waals surface area contributed by atoms with Crippen molar-refractivity contribution in [3.8, 4) is 0 Å². The van der Waals surface area contributed by atoms with Crippen molar-refractivity contribution in [1.82, 2.24) is 0 Å². The standard InChI is InChI=1S/C25H38O3/c1-22(2)9-6-10-24(4)19(22)7-11-25(5)20(23(3,16-26)14-21(24)25)13-18(27)17-8-12-28-15-17/h8,12,15-16,18-21,27H,6-7,9-11,13-14H2,1-5H3/t18-,19+,20-,21-,23-,24+,25+/m1/s1. The first-order chi connectivity index (χ1) is 13.1. The first-order valence-corrected chi connectivity index (χ1v) is 11.2. The minimum Gasteiger partial charge on any atom is -0.472 e. The molecule has 3 nitrogen and oxygen atoms in total. The van der Waals surface area contributed by atoms with E-state index in [9.17, 15) is 9.90 Å². The fraction of sp³-hybridized carbons (Fsp3) is 0.800. The Morgan fingerprint density at radius 2 is 1.89 bits per heavy atom. The summed E-state index contributed by atoms with van der Waals surface area (Å²) in [6.07, 6.45) is 11.9. The van der Waals surface area contributed by atoms with Gasteiger partial charge in [-0.1, -0.05) is 41.0 Å². The van der Waals surface area contributed by atoms with E-state index in [4.69, 9.17) is 4.42 Å². The molecule has 28 heavy (non-hydrogen) atoms. The number of fused-ring (bicyclic) bond motifs is 3. The maximum Gasteiger partial charge on any atom is 0.126 e. The van der Waals surface area contributed by atoms with Gasteiger partial charge in [0.2, 0.25) is 0 Å². The van der Waals surface area contributed by atoms with Crippen LogP contribution in [0.5, 0.6) is 0 Å². The molecule has 3 aliphatic carbocycles. The Kier molecular flexibility index (Phi) is 4.65. The molecular formula is C25H38O3. The molecule has 0 radical (unpaired) electrons. The van der Waals surface area contributed by atoms with Gasteiger partial charge in [0, 0.05) is 11.0 Å². The van der Waals surface area contributed by atoms with Crippen LogP contribution < -0.4 is 0 Å². The third-order valence-electron chi connectivity index (χ3n) is 9.73. The molecule has 0 amide bonds. The van der Waals surface area contributed by atoms with E-state index in [1.165, 1.54) is 38.4 Å². The predicted octanol–water partition coefficient (Wildman–Crippen LogP) is 6.18. The van der Waals surface area contributed by atoms with E-state index in [-0.39, 0.29) is 16.7 Å². The van der Waals surface area contributed by atoms with Crippen LogP contribution in [0.1, 0.15) is 91.2 Å². The van der Waals surface area contributed by atoms with E-state index in [1.807, 2.05) is 6.07 Å². The highest BCUT2D eigenvalue weighted by molar-refractivity contribution is 5.61. The van der Waals surface area contributed by atoms with Crippen molar-refractivity contribution in [1.29, 1.82) is 0 Å². The van der Waals surface area contributed by atoms with Gasteiger partial charge in [-0.2, -0.15) is 0 Å². The number of carbonyl (C=O) groups is 1. The second kappa shape index (κ2) is 6.45. The third kappa shape index (κ3) is 2.75. The fourth-order valence-corrected chi connectivity index (χ4v) is 8.40. The molecule has 1 aromatic rings. The molecule has 0 unspecified atom stereocenters. The Bertz CT molecular complexity index is 722. The van der Waals surface area contributed by atoms with Crippen LogP contribution in [0.25, 0.3) is 0 Å². The van der Waals surface area contributed by atoms with Crippen molar-refractivity contribution < 1.29 is 14.3 Å². The molecule has 1 N–H and O–H groups in total. The zero-order valence-electron chi connectivity index (χ0n) is 18.3. The van der Waals surface area contributed by atoms with Crippen LogP contribution in [0.15, 0.2) is 23.0 Å². The number of hydrogen-bond donors (Lipinski definition) is 1. The monoisotopic (exact) mass is 386 g/mol. The summed E-state index contributed by atoms with van der Waals surface area (Å²) < 4.78 is 5.19. The van der Waals surface area contributed by atoms with Crippen molar-refractivity contribution in [2.24, 2.45) is 39.4 Å². The van der Waals surface area contributed by atoms with Crippen LogP contribution in [0.3, 0.4) is 0 Å². The van der Waals surface area contributed by atoms with Gasteiger partial charge < -0.3 is 14.3 Å². The zero-order valence-corrected chi connectivity index (χ0v) is 18.3. The summed E-state index contributed by atoms with van der Waals surface area (Å²) in [5, 5.41) is 10.9. The first kappa shape index (κ1) is 20.2. The highest BCUT2D eigenvalue weighted by Crippen LogP contribution is 2.73. The molecule has 3 heteroatoms. The Balaban J connectivity index is 1.70. The summed E-state index contributed by atoms with van der Waals surface area (Å²) in [6, 6.07) is 1.85. The van der Waals surface area contributed by atoms with Gasteiger partial charge in [-0.3, -0.25) is 0 Å². The number of aldehydes is 1. The largest absolute Gasteiger partial charge is 0.472 e. The van der Waals surface area contributed by atoms with Crippen molar-refractivity contribution in [2.75, 3.05) is 0 Å². The summed E-state index contributed by atoms with van der Waals surface area (Å²) in [4.78, 5) is 12.4.